The lowest BCUT2D eigenvalue weighted by Crippen LogP contribution is -2.27. The topological polar surface area (TPSA) is 32.3 Å². The van der Waals surface area contributed by atoms with Crippen LogP contribution in [0.2, 0.25) is 0 Å². The van der Waals surface area contributed by atoms with Crippen LogP contribution in [0.5, 0.6) is 0 Å². The van der Waals surface area contributed by atoms with E-state index in [9.17, 15) is 9.50 Å². The van der Waals surface area contributed by atoms with Gasteiger partial charge >= 0.3 is 0 Å². The van der Waals surface area contributed by atoms with E-state index in [1.54, 1.807) is 0 Å². The fourth-order valence-electron chi connectivity index (χ4n) is 3.03. The van der Waals surface area contributed by atoms with Crippen molar-refractivity contribution >= 4 is 0 Å². The van der Waals surface area contributed by atoms with Gasteiger partial charge in [-0.05, 0) is 55.8 Å². The lowest BCUT2D eigenvalue weighted by atomic mass is 9.99. The van der Waals surface area contributed by atoms with Crippen LogP contribution in [0.3, 0.4) is 0 Å². The highest BCUT2D eigenvalue weighted by Gasteiger charge is 2.23. The van der Waals surface area contributed by atoms with Gasteiger partial charge in [-0.15, -0.1) is 0 Å². The number of nitrogens with one attached hydrogen (secondary N) is 1. The molecule has 0 bridgehead atoms. The van der Waals surface area contributed by atoms with Gasteiger partial charge in [0.05, 0.1) is 6.10 Å². The Bertz CT molecular complexity index is 392. The van der Waals surface area contributed by atoms with Crippen molar-refractivity contribution in [3.05, 3.63) is 35.6 Å². The smallest absolute Gasteiger partial charge is 0.123 e. The molecule has 1 saturated carbocycles. The van der Waals surface area contributed by atoms with Crippen molar-refractivity contribution in [2.45, 2.75) is 57.6 Å². The van der Waals surface area contributed by atoms with Gasteiger partial charge in [0, 0.05) is 6.04 Å². The average molecular weight is 279 g/mol. The number of unbranched alkanes of at least 4 members (excludes halogenated alkanes) is 1. The second kappa shape index (κ2) is 7.75. The number of halogens is 1. The zero-order chi connectivity index (χ0) is 14.4. The molecule has 3 unspecified atom stereocenters. The normalized spacial score (nSPS) is 23.9. The predicted octanol–water partition coefficient (Wildman–Crippen LogP) is 3.81. The fourth-order valence-corrected chi connectivity index (χ4v) is 3.03. The Kier molecular flexibility index (Phi) is 5.99. The number of hydrogen-bond acceptors (Lipinski definition) is 2. The lowest BCUT2D eigenvalue weighted by molar-refractivity contribution is 0.177. The standard InChI is InChI=1S/C17H26FNO/c1-2-3-4-17(14-6-8-15(18)9-7-14)19-12-13-5-10-16(20)11-13/h6-9,13,16-17,19-20H,2-5,10-12H2,1H3. The highest BCUT2D eigenvalue weighted by Crippen LogP contribution is 2.26. The molecule has 1 fully saturated rings. The number of aliphatic hydroxyl groups is 1. The van der Waals surface area contributed by atoms with Crippen molar-refractivity contribution in [1.82, 2.24) is 5.32 Å². The Morgan fingerprint density at radius 3 is 2.65 bits per heavy atom. The molecule has 3 atom stereocenters. The maximum Gasteiger partial charge on any atom is 0.123 e. The quantitative estimate of drug-likeness (QED) is 0.795. The summed E-state index contributed by atoms with van der Waals surface area (Å²) in [5, 5.41) is 13.2. The third-order valence-electron chi connectivity index (χ3n) is 4.29. The van der Waals surface area contributed by atoms with E-state index in [-0.39, 0.29) is 11.9 Å². The largest absolute Gasteiger partial charge is 0.393 e. The van der Waals surface area contributed by atoms with Crippen molar-refractivity contribution in [2.75, 3.05) is 6.54 Å². The molecular weight excluding hydrogens is 253 g/mol. The summed E-state index contributed by atoms with van der Waals surface area (Å²) in [5.41, 5.74) is 1.17. The fraction of sp³-hybridized carbons (Fsp3) is 0.647. The van der Waals surface area contributed by atoms with Gasteiger partial charge in [0.25, 0.3) is 0 Å². The van der Waals surface area contributed by atoms with Crippen molar-refractivity contribution in [2.24, 2.45) is 5.92 Å². The molecule has 2 rings (SSSR count). The molecule has 3 heteroatoms. The second-order valence-corrected chi connectivity index (χ2v) is 5.99. The molecule has 0 spiro atoms. The zero-order valence-corrected chi connectivity index (χ0v) is 12.3. The van der Waals surface area contributed by atoms with Gasteiger partial charge in [0.1, 0.15) is 5.82 Å². The third-order valence-corrected chi connectivity index (χ3v) is 4.29. The van der Waals surface area contributed by atoms with E-state index < -0.39 is 0 Å². The first kappa shape index (κ1) is 15.5. The van der Waals surface area contributed by atoms with Crippen molar-refractivity contribution in [3.63, 3.8) is 0 Å². The Morgan fingerprint density at radius 2 is 2.05 bits per heavy atom. The molecule has 0 aliphatic heterocycles. The Balaban J connectivity index is 1.91. The lowest BCUT2D eigenvalue weighted by Gasteiger charge is -2.21. The first-order valence-corrected chi connectivity index (χ1v) is 7.86. The van der Waals surface area contributed by atoms with Gasteiger partial charge in [0.15, 0.2) is 0 Å². The highest BCUT2D eigenvalue weighted by atomic mass is 19.1. The van der Waals surface area contributed by atoms with Gasteiger partial charge in [-0.1, -0.05) is 31.9 Å². The van der Waals surface area contributed by atoms with E-state index in [1.807, 2.05) is 12.1 Å². The molecule has 1 aliphatic carbocycles. The first-order valence-electron chi connectivity index (χ1n) is 7.86. The van der Waals surface area contributed by atoms with E-state index in [1.165, 1.54) is 30.5 Å². The van der Waals surface area contributed by atoms with E-state index in [2.05, 4.69) is 12.2 Å². The minimum Gasteiger partial charge on any atom is -0.393 e. The van der Waals surface area contributed by atoms with Crippen molar-refractivity contribution in [1.29, 1.82) is 0 Å². The molecule has 0 aromatic heterocycles. The second-order valence-electron chi connectivity index (χ2n) is 5.99. The van der Waals surface area contributed by atoms with Crippen LogP contribution in [-0.4, -0.2) is 17.8 Å². The van der Waals surface area contributed by atoms with Gasteiger partial charge < -0.3 is 10.4 Å². The molecule has 112 valence electrons. The zero-order valence-electron chi connectivity index (χ0n) is 12.3. The first-order chi connectivity index (χ1) is 9.69. The van der Waals surface area contributed by atoms with Crippen molar-refractivity contribution in [3.8, 4) is 0 Å². The molecule has 20 heavy (non-hydrogen) atoms. The van der Waals surface area contributed by atoms with Crippen molar-refractivity contribution < 1.29 is 9.50 Å². The molecule has 0 heterocycles. The summed E-state index contributed by atoms with van der Waals surface area (Å²) in [6.45, 7) is 3.14. The summed E-state index contributed by atoms with van der Waals surface area (Å²) >= 11 is 0. The van der Waals surface area contributed by atoms with Crippen LogP contribution in [0.4, 0.5) is 4.39 Å². The number of rotatable bonds is 7. The number of hydrogen-bond donors (Lipinski definition) is 2. The number of benzene rings is 1. The minimum absolute atomic E-state index is 0.110. The van der Waals surface area contributed by atoms with E-state index in [0.29, 0.717) is 12.0 Å². The predicted molar refractivity (Wildman–Crippen MR) is 80.0 cm³/mol. The average Bonchev–Trinajstić information content (AvgIpc) is 2.86. The summed E-state index contributed by atoms with van der Waals surface area (Å²) < 4.78 is 13.0. The maximum absolute atomic E-state index is 13.0. The molecule has 0 amide bonds. The molecule has 2 nitrogen and oxygen atoms in total. The van der Waals surface area contributed by atoms with Crippen LogP contribution in [0.25, 0.3) is 0 Å². The molecular formula is C17H26FNO. The van der Waals surface area contributed by atoms with E-state index in [4.69, 9.17) is 0 Å². The minimum atomic E-state index is -0.179. The van der Waals surface area contributed by atoms with Gasteiger partial charge in [-0.2, -0.15) is 0 Å². The molecule has 1 aromatic carbocycles. The van der Waals surface area contributed by atoms with Gasteiger partial charge in [-0.25, -0.2) is 4.39 Å². The Morgan fingerprint density at radius 1 is 1.30 bits per heavy atom. The molecule has 1 aromatic rings. The van der Waals surface area contributed by atoms with Crippen LogP contribution in [0.15, 0.2) is 24.3 Å². The summed E-state index contributed by atoms with van der Waals surface area (Å²) in [6.07, 6.45) is 6.26. The Hall–Kier alpha value is -0.930. The molecule has 0 radical (unpaired) electrons. The summed E-state index contributed by atoms with van der Waals surface area (Å²) in [7, 11) is 0. The highest BCUT2D eigenvalue weighted by molar-refractivity contribution is 5.19. The molecule has 0 saturated heterocycles. The Labute approximate surface area is 121 Å². The van der Waals surface area contributed by atoms with Crippen LogP contribution >= 0.6 is 0 Å². The summed E-state index contributed by atoms with van der Waals surface area (Å²) in [5.74, 6) is 0.400. The third kappa shape index (κ3) is 4.57. The van der Waals surface area contributed by atoms with Crippen LogP contribution in [0.1, 0.15) is 57.1 Å². The van der Waals surface area contributed by atoms with Crippen LogP contribution < -0.4 is 5.32 Å². The van der Waals surface area contributed by atoms with Gasteiger partial charge in [0.2, 0.25) is 0 Å². The van der Waals surface area contributed by atoms with Crippen LogP contribution in [0, 0.1) is 11.7 Å². The monoisotopic (exact) mass is 279 g/mol. The summed E-state index contributed by atoms with van der Waals surface area (Å²) in [4.78, 5) is 0. The van der Waals surface area contributed by atoms with E-state index in [0.717, 1.165) is 32.2 Å². The van der Waals surface area contributed by atoms with Crippen LogP contribution in [-0.2, 0) is 0 Å². The summed E-state index contributed by atoms with van der Waals surface area (Å²) in [6, 6.07) is 7.14. The number of aliphatic hydroxyl groups excluding tert-OH is 1. The van der Waals surface area contributed by atoms with E-state index >= 15 is 0 Å². The SMILES string of the molecule is CCCCC(NCC1CCC(O)C1)c1ccc(F)cc1. The van der Waals surface area contributed by atoms with Gasteiger partial charge in [-0.3, -0.25) is 0 Å². The molecule has 1 aliphatic rings. The molecule has 2 N–H and O–H groups in total. The maximum atomic E-state index is 13.0.